The summed E-state index contributed by atoms with van der Waals surface area (Å²) < 4.78 is 8.52. The number of furan rings is 1. The van der Waals surface area contributed by atoms with Crippen molar-refractivity contribution in [1.29, 1.82) is 0 Å². The van der Waals surface area contributed by atoms with Crippen LogP contribution in [0.15, 0.2) is 162 Å². The molecule has 0 atom stereocenters. The summed E-state index contributed by atoms with van der Waals surface area (Å²) in [6.07, 6.45) is 0. The summed E-state index contributed by atoms with van der Waals surface area (Å²) >= 11 is 0. The van der Waals surface area contributed by atoms with Crippen molar-refractivity contribution in [2.24, 2.45) is 0 Å². The molecule has 45 heavy (non-hydrogen) atoms. The molecule has 0 saturated heterocycles. The van der Waals surface area contributed by atoms with Crippen LogP contribution in [0.25, 0.3) is 71.6 Å². The van der Waals surface area contributed by atoms with Gasteiger partial charge >= 0.3 is 0 Å². The van der Waals surface area contributed by atoms with Gasteiger partial charge in [0.2, 0.25) is 0 Å². The minimum Gasteiger partial charge on any atom is -0.456 e. The van der Waals surface area contributed by atoms with Gasteiger partial charge in [-0.05, 0) is 82.6 Å². The van der Waals surface area contributed by atoms with Crippen LogP contribution in [0.2, 0.25) is 0 Å². The van der Waals surface area contributed by atoms with E-state index in [1.165, 1.54) is 49.6 Å². The van der Waals surface area contributed by atoms with Crippen molar-refractivity contribution in [3.63, 3.8) is 0 Å². The van der Waals surface area contributed by atoms with Crippen LogP contribution < -0.4 is 4.90 Å². The summed E-state index contributed by atoms with van der Waals surface area (Å²) in [7, 11) is 0. The van der Waals surface area contributed by atoms with E-state index in [0.29, 0.717) is 0 Å². The monoisotopic (exact) mass is 574 g/mol. The van der Waals surface area contributed by atoms with E-state index in [2.05, 4.69) is 155 Å². The third-order valence-corrected chi connectivity index (χ3v) is 9.29. The molecular weight excluding hydrogens is 548 g/mol. The number of benzene rings is 7. The zero-order chi connectivity index (χ0) is 29.5. The summed E-state index contributed by atoms with van der Waals surface area (Å²) in [6.45, 7) is 0. The molecule has 0 fully saturated rings. The molecule has 0 amide bonds. The first-order chi connectivity index (χ1) is 22.3. The fourth-order valence-corrected chi connectivity index (χ4v) is 7.20. The number of fused-ring (bicyclic) bond motifs is 11. The highest BCUT2D eigenvalue weighted by Gasteiger charge is 2.27. The first-order valence-corrected chi connectivity index (χ1v) is 15.4. The van der Waals surface area contributed by atoms with Gasteiger partial charge < -0.3 is 4.42 Å². The molecule has 210 valence electrons. The summed E-state index contributed by atoms with van der Waals surface area (Å²) in [6, 6.07) is 56.8. The molecule has 7 aromatic carbocycles. The molecule has 2 aromatic heterocycles. The third kappa shape index (κ3) is 3.58. The average molecular weight is 575 g/mol. The Morgan fingerprint density at radius 1 is 0.422 bits per heavy atom. The van der Waals surface area contributed by atoms with Crippen LogP contribution in [0.1, 0.15) is 0 Å². The molecule has 0 aliphatic carbocycles. The van der Waals surface area contributed by atoms with E-state index in [1.54, 1.807) is 0 Å². The molecule has 1 aliphatic heterocycles. The smallest absolute Gasteiger partial charge is 0.135 e. The molecule has 0 bridgehead atoms. The van der Waals surface area contributed by atoms with E-state index >= 15 is 0 Å². The predicted molar refractivity (Wildman–Crippen MR) is 187 cm³/mol. The maximum absolute atomic E-state index is 6.09. The van der Waals surface area contributed by atoms with Gasteiger partial charge in [-0.15, -0.1) is 0 Å². The second-order valence-corrected chi connectivity index (χ2v) is 11.8. The topological polar surface area (TPSA) is 21.3 Å². The number of para-hydroxylation sites is 3. The number of hydrogen-bond acceptors (Lipinski definition) is 2. The molecular formula is C42H26N2O. The minimum absolute atomic E-state index is 0.915. The Morgan fingerprint density at radius 3 is 1.91 bits per heavy atom. The quantitative estimate of drug-likeness (QED) is 0.205. The van der Waals surface area contributed by atoms with Crippen molar-refractivity contribution in [2.75, 3.05) is 4.90 Å². The SMILES string of the molecule is c1ccc2c(c1)-c1ccccc1-n1c(cc3cc4ccccc4cc31)N2c1ccc(-c2ccc3oc4ccccc4c3c2)cc1. The molecule has 0 N–H and O–H groups in total. The highest BCUT2D eigenvalue weighted by atomic mass is 16.3. The molecule has 10 rings (SSSR count). The molecule has 9 aromatic rings. The lowest BCUT2D eigenvalue weighted by Gasteiger charge is -2.26. The lowest BCUT2D eigenvalue weighted by atomic mass is 10.00. The molecule has 0 radical (unpaired) electrons. The Bertz CT molecular complexity index is 2600. The first kappa shape index (κ1) is 24.4. The van der Waals surface area contributed by atoms with E-state index in [-0.39, 0.29) is 0 Å². The Hall–Kier alpha value is -6.06. The third-order valence-electron chi connectivity index (χ3n) is 9.29. The van der Waals surface area contributed by atoms with Gasteiger partial charge in [0, 0.05) is 33.0 Å². The van der Waals surface area contributed by atoms with Crippen molar-refractivity contribution < 1.29 is 4.42 Å². The number of aromatic nitrogens is 1. The van der Waals surface area contributed by atoms with Gasteiger partial charge in [-0.2, -0.15) is 0 Å². The fraction of sp³-hybridized carbons (Fsp3) is 0. The average Bonchev–Trinajstić information content (AvgIpc) is 3.62. The van der Waals surface area contributed by atoms with Crippen molar-refractivity contribution in [2.45, 2.75) is 0 Å². The highest BCUT2D eigenvalue weighted by molar-refractivity contribution is 6.07. The second kappa shape index (κ2) is 9.22. The fourth-order valence-electron chi connectivity index (χ4n) is 7.20. The normalized spacial score (nSPS) is 12.4. The van der Waals surface area contributed by atoms with Gasteiger partial charge in [0.1, 0.15) is 17.0 Å². The van der Waals surface area contributed by atoms with Crippen molar-refractivity contribution in [3.05, 3.63) is 158 Å². The van der Waals surface area contributed by atoms with Crippen LogP contribution in [0.5, 0.6) is 0 Å². The standard InChI is InChI=1S/C42H26N2O/c1-2-10-29-25-39-31(23-28(29)9-1)26-42-43(37-14-6-3-11-33(37)34-12-4-7-15-38(34)44(39)42)32-20-17-27(18-21-32)30-19-22-41-36(24-30)35-13-5-8-16-40(35)45-41/h1-26H. The van der Waals surface area contributed by atoms with Crippen molar-refractivity contribution >= 4 is 60.8 Å². The lowest BCUT2D eigenvalue weighted by molar-refractivity contribution is 0.669. The number of nitrogens with zero attached hydrogens (tertiary/aromatic N) is 2. The summed E-state index contributed by atoms with van der Waals surface area (Å²) in [5.41, 5.74) is 11.3. The van der Waals surface area contributed by atoms with Crippen molar-refractivity contribution in [1.82, 2.24) is 4.57 Å². The van der Waals surface area contributed by atoms with E-state index in [0.717, 1.165) is 39.1 Å². The van der Waals surface area contributed by atoms with Crippen LogP contribution in [0.4, 0.5) is 17.2 Å². The number of anilines is 3. The van der Waals surface area contributed by atoms with Crippen LogP contribution >= 0.6 is 0 Å². The van der Waals surface area contributed by atoms with E-state index < -0.39 is 0 Å². The minimum atomic E-state index is 0.915. The van der Waals surface area contributed by atoms with E-state index in [9.17, 15) is 0 Å². The van der Waals surface area contributed by atoms with Gasteiger partial charge in [0.05, 0.1) is 16.9 Å². The van der Waals surface area contributed by atoms with E-state index in [4.69, 9.17) is 4.42 Å². The van der Waals surface area contributed by atoms with Crippen LogP contribution in [-0.4, -0.2) is 4.57 Å². The van der Waals surface area contributed by atoms with Gasteiger partial charge in [-0.1, -0.05) is 97.1 Å². The zero-order valence-electron chi connectivity index (χ0n) is 24.3. The maximum Gasteiger partial charge on any atom is 0.135 e. The number of hydrogen-bond donors (Lipinski definition) is 0. The number of rotatable bonds is 2. The zero-order valence-corrected chi connectivity index (χ0v) is 24.3. The Morgan fingerprint density at radius 2 is 1.07 bits per heavy atom. The molecule has 0 spiro atoms. The molecule has 1 aliphatic rings. The maximum atomic E-state index is 6.09. The molecule has 3 nitrogen and oxygen atoms in total. The van der Waals surface area contributed by atoms with Crippen LogP contribution in [0, 0.1) is 0 Å². The van der Waals surface area contributed by atoms with Gasteiger partial charge in [0.15, 0.2) is 0 Å². The molecule has 0 saturated carbocycles. The van der Waals surface area contributed by atoms with Crippen LogP contribution in [-0.2, 0) is 0 Å². The Labute approximate surface area is 259 Å². The summed E-state index contributed by atoms with van der Waals surface area (Å²) in [5, 5.41) is 6.00. The van der Waals surface area contributed by atoms with Crippen LogP contribution in [0.3, 0.4) is 0 Å². The lowest BCUT2D eigenvalue weighted by Crippen LogP contribution is -2.12. The molecule has 3 heteroatoms. The summed E-state index contributed by atoms with van der Waals surface area (Å²) in [5.74, 6) is 1.12. The first-order valence-electron chi connectivity index (χ1n) is 15.4. The van der Waals surface area contributed by atoms with Gasteiger partial charge in [0.25, 0.3) is 0 Å². The van der Waals surface area contributed by atoms with Crippen molar-refractivity contribution in [3.8, 4) is 27.9 Å². The molecule has 3 heterocycles. The van der Waals surface area contributed by atoms with Gasteiger partial charge in [-0.3, -0.25) is 9.47 Å². The summed E-state index contributed by atoms with van der Waals surface area (Å²) in [4.78, 5) is 2.41. The van der Waals surface area contributed by atoms with E-state index in [1.807, 2.05) is 12.1 Å². The largest absolute Gasteiger partial charge is 0.456 e. The second-order valence-electron chi connectivity index (χ2n) is 11.8. The Kier molecular flexibility index (Phi) is 5.00. The highest BCUT2D eigenvalue weighted by Crippen LogP contribution is 2.49. The predicted octanol–water partition coefficient (Wildman–Crippen LogP) is 11.8. The Balaban J connectivity index is 1.18. The van der Waals surface area contributed by atoms with Gasteiger partial charge in [-0.25, -0.2) is 0 Å². The molecule has 0 unspecified atom stereocenters.